The molecule has 1 heterocycles. The molecule has 0 aliphatic heterocycles. The number of hydrogen-bond acceptors (Lipinski definition) is 2. The highest BCUT2D eigenvalue weighted by molar-refractivity contribution is 5.89. The van der Waals surface area contributed by atoms with Gasteiger partial charge in [-0.15, -0.1) is 0 Å². The summed E-state index contributed by atoms with van der Waals surface area (Å²) in [4.78, 5) is 18.5. The van der Waals surface area contributed by atoms with Gasteiger partial charge in [-0.3, -0.25) is 4.98 Å². The third-order valence-electron chi connectivity index (χ3n) is 4.11. The first-order chi connectivity index (χ1) is 10.6. The Morgan fingerprint density at radius 1 is 1.18 bits per heavy atom. The van der Waals surface area contributed by atoms with Crippen molar-refractivity contribution in [2.45, 2.75) is 39.3 Å². The highest BCUT2D eigenvalue weighted by atomic mass is 16.2. The van der Waals surface area contributed by atoms with Gasteiger partial charge in [0, 0.05) is 30.7 Å². The molecule has 1 saturated carbocycles. The fourth-order valence-corrected chi connectivity index (χ4v) is 2.45. The largest absolute Gasteiger partial charge is 0.322 e. The summed E-state index contributed by atoms with van der Waals surface area (Å²) in [5.41, 5.74) is 4.38. The lowest BCUT2D eigenvalue weighted by Gasteiger charge is -2.23. The number of carbonyl (C=O) groups excluding carboxylic acids is 1. The van der Waals surface area contributed by atoms with Gasteiger partial charge in [-0.25, -0.2) is 4.79 Å². The summed E-state index contributed by atoms with van der Waals surface area (Å²) in [6.45, 7) is 4.76. The van der Waals surface area contributed by atoms with Gasteiger partial charge in [0.05, 0.1) is 0 Å². The summed E-state index contributed by atoms with van der Waals surface area (Å²) in [6, 6.07) is 10.3. The van der Waals surface area contributed by atoms with Crippen LogP contribution >= 0.6 is 0 Å². The first-order valence-electron chi connectivity index (χ1n) is 7.67. The van der Waals surface area contributed by atoms with Crippen LogP contribution in [-0.4, -0.2) is 22.0 Å². The Labute approximate surface area is 131 Å². The molecule has 0 radical (unpaired) electrons. The quantitative estimate of drug-likeness (QED) is 0.930. The average Bonchev–Trinajstić information content (AvgIpc) is 3.34. The van der Waals surface area contributed by atoms with Crippen molar-refractivity contribution in [3.8, 4) is 0 Å². The lowest BCUT2D eigenvalue weighted by atomic mass is 10.1. The van der Waals surface area contributed by atoms with Crippen LogP contribution in [-0.2, 0) is 6.54 Å². The second-order valence-corrected chi connectivity index (χ2v) is 5.94. The molecule has 3 rings (SSSR count). The van der Waals surface area contributed by atoms with Gasteiger partial charge in [0.2, 0.25) is 0 Å². The lowest BCUT2D eigenvalue weighted by Crippen LogP contribution is -2.36. The van der Waals surface area contributed by atoms with Gasteiger partial charge in [0.1, 0.15) is 0 Å². The van der Waals surface area contributed by atoms with Crippen molar-refractivity contribution >= 4 is 11.7 Å². The molecule has 1 N–H and O–H groups in total. The monoisotopic (exact) mass is 295 g/mol. The molecular formula is C18H21N3O. The van der Waals surface area contributed by atoms with Gasteiger partial charge in [0.15, 0.2) is 0 Å². The summed E-state index contributed by atoms with van der Waals surface area (Å²) in [5.74, 6) is 0. The zero-order chi connectivity index (χ0) is 15.5. The maximum atomic E-state index is 12.6. The lowest BCUT2D eigenvalue weighted by molar-refractivity contribution is 0.206. The standard InChI is InChI=1S/C18H21N3O/c1-13-3-4-16(11-14(13)2)20-18(22)21(17-5-6-17)12-15-7-9-19-10-8-15/h3-4,7-11,17H,5-6,12H2,1-2H3,(H,20,22). The van der Waals surface area contributed by atoms with E-state index in [2.05, 4.69) is 24.1 Å². The summed E-state index contributed by atoms with van der Waals surface area (Å²) in [7, 11) is 0. The first-order valence-corrected chi connectivity index (χ1v) is 7.67. The van der Waals surface area contributed by atoms with E-state index in [0.717, 1.165) is 24.1 Å². The highest BCUT2D eigenvalue weighted by Gasteiger charge is 2.32. The second-order valence-electron chi connectivity index (χ2n) is 5.94. The number of benzene rings is 1. The van der Waals surface area contributed by atoms with Crippen LogP contribution in [0, 0.1) is 13.8 Å². The molecule has 1 aliphatic carbocycles. The smallest absolute Gasteiger partial charge is 0.317 e. The minimum absolute atomic E-state index is 0.0254. The molecule has 22 heavy (non-hydrogen) atoms. The van der Waals surface area contributed by atoms with Crippen LogP contribution in [0.2, 0.25) is 0 Å². The molecule has 0 spiro atoms. The third kappa shape index (κ3) is 3.45. The zero-order valence-electron chi connectivity index (χ0n) is 13.0. The van der Waals surface area contributed by atoms with Crippen LogP contribution in [0.3, 0.4) is 0 Å². The predicted molar refractivity (Wildman–Crippen MR) is 87.7 cm³/mol. The van der Waals surface area contributed by atoms with Gasteiger partial charge in [0.25, 0.3) is 0 Å². The number of pyridine rings is 1. The summed E-state index contributed by atoms with van der Waals surface area (Å²) in [6.07, 6.45) is 5.71. The number of hydrogen-bond donors (Lipinski definition) is 1. The maximum Gasteiger partial charge on any atom is 0.322 e. The van der Waals surface area contributed by atoms with Gasteiger partial charge in [-0.05, 0) is 67.6 Å². The van der Waals surface area contributed by atoms with Gasteiger partial charge in [-0.1, -0.05) is 6.07 Å². The fourth-order valence-electron chi connectivity index (χ4n) is 2.45. The van der Waals surface area contributed by atoms with Gasteiger partial charge < -0.3 is 10.2 Å². The van der Waals surface area contributed by atoms with Gasteiger partial charge in [-0.2, -0.15) is 0 Å². The van der Waals surface area contributed by atoms with Crippen molar-refractivity contribution < 1.29 is 4.79 Å². The number of carbonyl (C=O) groups is 1. The molecule has 4 heteroatoms. The number of urea groups is 1. The molecule has 0 bridgehead atoms. The Morgan fingerprint density at radius 2 is 1.91 bits per heavy atom. The predicted octanol–water partition coefficient (Wildman–Crippen LogP) is 3.89. The van der Waals surface area contributed by atoms with Crippen LogP contribution in [0.15, 0.2) is 42.7 Å². The molecule has 1 aromatic heterocycles. The van der Waals surface area contributed by atoms with Crippen molar-refractivity contribution in [2.75, 3.05) is 5.32 Å². The van der Waals surface area contributed by atoms with E-state index >= 15 is 0 Å². The molecule has 4 nitrogen and oxygen atoms in total. The van der Waals surface area contributed by atoms with Crippen molar-refractivity contribution in [3.63, 3.8) is 0 Å². The van der Waals surface area contributed by atoms with E-state index in [1.54, 1.807) is 12.4 Å². The maximum absolute atomic E-state index is 12.6. The van der Waals surface area contributed by atoms with E-state index in [4.69, 9.17) is 0 Å². The van der Waals surface area contributed by atoms with E-state index in [1.807, 2.05) is 35.2 Å². The normalized spacial score (nSPS) is 13.7. The number of amides is 2. The Kier molecular flexibility index (Phi) is 4.09. The van der Waals surface area contributed by atoms with Crippen LogP contribution in [0.1, 0.15) is 29.5 Å². The molecule has 1 aromatic carbocycles. The van der Waals surface area contributed by atoms with Crippen molar-refractivity contribution in [3.05, 3.63) is 59.4 Å². The summed E-state index contributed by atoms with van der Waals surface area (Å²) in [5, 5.41) is 3.02. The molecular weight excluding hydrogens is 274 g/mol. The van der Waals surface area contributed by atoms with E-state index in [0.29, 0.717) is 12.6 Å². The Bertz CT molecular complexity index is 665. The molecule has 1 fully saturated rings. The molecule has 1 aliphatic rings. The Hall–Kier alpha value is -2.36. The number of nitrogens with one attached hydrogen (secondary N) is 1. The van der Waals surface area contributed by atoms with E-state index in [-0.39, 0.29) is 6.03 Å². The van der Waals surface area contributed by atoms with E-state index in [9.17, 15) is 4.79 Å². The number of nitrogens with zero attached hydrogens (tertiary/aromatic N) is 2. The second kappa shape index (κ2) is 6.18. The minimum Gasteiger partial charge on any atom is -0.317 e. The Morgan fingerprint density at radius 3 is 2.55 bits per heavy atom. The van der Waals surface area contributed by atoms with Crippen LogP contribution < -0.4 is 5.32 Å². The molecule has 2 aromatic rings. The summed E-state index contributed by atoms with van der Waals surface area (Å²) < 4.78 is 0. The van der Waals surface area contributed by atoms with Gasteiger partial charge >= 0.3 is 6.03 Å². The molecule has 0 atom stereocenters. The molecule has 0 saturated heterocycles. The third-order valence-corrected chi connectivity index (χ3v) is 4.11. The number of rotatable bonds is 4. The summed E-state index contributed by atoms with van der Waals surface area (Å²) >= 11 is 0. The highest BCUT2D eigenvalue weighted by Crippen LogP contribution is 2.29. The van der Waals surface area contributed by atoms with Crippen LogP contribution in [0.25, 0.3) is 0 Å². The average molecular weight is 295 g/mol. The van der Waals surface area contributed by atoms with E-state index < -0.39 is 0 Å². The molecule has 2 amide bonds. The van der Waals surface area contributed by atoms with Crippen molar-refractivity contribution in [1.82, 2.24) is 9.88 Å². The van der Waals surface area contributed by atoms with Crippen LogP contribution in [0.5, 0.6) is 0 Å². The van der Waals surface area contributed by atoms with E-state index in [1.165, 1.54) is 11.1 Å². The zero-order valence-corrected chi connectivity index (χ0v) is 13.0. The fraction of sp³-hybridized carbons (Fsp3) is 0.333. The Balaban J connectivity index is 1.71. The first kappa shape index (κ1) is 14.6. The topological polar surface area (TPSA) is 45.2 Å². The number of anilines is 1. The van der Waals surface area contributed by atoms with Crippen LogP contribution in [0.4, 0.5) is 10.5 Å². The number of aromatic nitrogens is 1. The van der Waals surface area contributed by atoms with Crippen molar-refractivity contribution in [1.29, 1.82) is 0 Å². The SMILES string of the molecule is Cc1ccc(NC(=O)N(Cc2ccncc2)C2CC2)cc1C. The number of aryl methyl sites for hydroxylation is 2. The molecule has 114 valence electrons. The van der Waals surface area contributed by atoms with Crippen molar-refractivity contribution in [2.24, 2.45) is 0 Å². The minimum atomic E-state index is -0.0254. The molecule has 0 unspecified atom stereocenters.